The van der Waals surface area contributed by atoms with Crippen LogP contribution in [-0.2, 0) is 4.79 Å². The van der Waals surface area contributed by atoms with E-state index in [4.69, 9.17) is 0 Å². The highest BCUT2D eigenvalue weighted by Crippen LogP contribution is 2.20. The summed E-state index contributed by atoms with van der Waals surface area (Å²) in [5.41, 5.74) is 6.61. The maximum Gasteiger partial charge on any atom is 0.151 e. The van der Waals surface area contributed by atoms with Gasteiger partial charge in [0.2, 0.25) is 0 Å². The number of carbonyl (C=O) groups excluding carboxylic acids is 1. The second kappa shape index (κ2) is 8.37. The number of benzene rings is 2. The lowest BCUT2D eigenvalue weighted by Crippen LogP contribution is -1.92. The predicted octanol–water partition coefficient (Wildman–Crippen LogP) is 4.45. The Morgan fingerprint density at radius 3 is 2.32 bits per heavy atom. The minimum absolute atomic E-state index is 0.506. The average molecular weight is 290 g/mol. The summed E-state index contributed by atoms with van der Waals surface area (Å²) in [6, 6.07) is 18.2. The molecule has 0 heterocycles. The van der Waals surface area contributed by atoms with Gasteiger partial charge in [-0.1, -0.05) is 60.7 Å². The van der Waals surface area contributed by atoms with Gasteiger partial charge in [-0.3, -0.25) is 10.2 Å². The molecule has 22 heavy (non-hydrogen) atoms. The number of carbonyl (C=O) groups is 1. The number of nitrogens with one attached hydrogen (secondary N) is 1. The first kappa shape index (κ1) is 15.4. The molecule has 110 valence electrons. The number of aldehydes is 1. The van der Waals surface area contributed by atoms with Crippen LogP contribution in [-0.4, -0.2) is 12.5 Å². The molecule has 0 spiro atoms. The number of anilines is 1. The third kappa shape index (κ3) is 4.56. The first-order valence-corrected chi connectivity index (χ1v) is 7.06. The summed E-state index contributed by atoms with van der Waals surface area (Å²) < 4.78 is 0. The topological polar surface area (TPSA) is 41.5 Å². The van der Waals surface area contributed by atoms with Crippen LogP contribution < -0.4 is 5.43 Å². The van der Waals surface area contributed by atoms with E-state index in [1.165, 1.54) is 11.8 Å². The van der Waals surface area contributed by atoms with Gasteiger partial charge in [0.1, 0.15) is 0 Å². The second-order valence-electron chi connectivity index (χ2n) is 4.62. The van der Waals surface area contributed by atoms with E-state index < -0.39 is 0 Å². The van der Waals surface area contributed by atoms with Crippen molar-refractivity contribution in [2.24, 2.45) is 5.10 Å². The van der Waals surface area contributed by atoms with Crippen molar-refractivity contribution >= 4 is 18.2 Å². The van der Waals surface area contributed by atoms with E-state index in [9.17, 15) is 4.79 Å². The maximum absolute atomic E-state index is 10.8. The molecule has 3 nitrogen and oxygen atoms in total. The van der Waals surface area contributed by atoms with Crippen LogP contribution in [0.2, 0.25) is 0 Å². The Morgan fingerprint density at radius 2 is 1.68 bits per heavy atom. The summed E-state index contributed by atoms with van der Waals surface area (Å²) >= 11 is 0. The van der Waals surface area contributed by atoms with E-state index in [0.717, 1.165) is 17.5 Å². The van der Waals surface area contributed by atoms with Crippen LogP contribution in [0, 0.1) is 0 Å². The molecule has 0 bridgehead atoms. The minimum atomic E-state index is 0.506. The van der Waals surface area contributed by atoms with Crippen molar-refractivity contribution in [3.8, 4) is 11.1 Å². The van der Waals surface area contributed by atoms with Crippen molar-refractivity contribution in [2.45, 2.75) is 6.92 Å². The largest absolute Gasteiger partial charge is 0.298 e. The van der Waals surface area contributed by atoms with Gasteiger partial charge in [0.05, 0.1) is 11.9 Å². The fourth-order valence-corrected chi connectivity index (χ4v) is 1.87. The molecule has 0 saturated carbocycles. The van der Waals surface area contributed by atoms with Gasteiger partial charge < -0.3 is 0 Å². The summed E-state index contributed by atoms with van der Waals surface area (Å²) in [6.45, 7) is 1.89. The molecule has 2 rings (SSSR count). The van der Waals surface area contributed by atoms with Crippen molar-refractivity contribution < 1.29 is 4.79 Å². The lowest BCUT2D eigenvalue weighted by Gasteiger charge is -2.03. The highest BCUT2D eigenvalue weighted by molar-refractivity contribution is 6.02. The third-order valence-electron chi connectivity index (χ3n) is 3.02. The molecule has 3 heteroatoms. The highest BCUT2D eigenvalue weighted by atomic mass is 16.1. The van der Waals surface area contributed by atoms with Crippen molar-refractivity contribution in [3.05, 3.63) is 78.4 Å². The fourth-order valence-electron chi connectivity index (χ4n) is 1.87. The summed E-state index contributed by atoms with van der Waals surface area (Å²) in [5, 5.41) is 4.06. The predicted molar refractivity (Wildman–Crippen MR) is 93.0 cm³/mol. The smallest absolute Gasteiger partial charge is 0.151 e. The van der Waals surface area contributed by atoms with Crippen LogP contribution in [0.4, 0.5) is 5.69 Å². The first-order valence-electron chi connectivity index (χ1n) is 7.06. The molecule has 0 aliphatic heterocycles. The Morgan fingerprint density at radius 1 is 1.00 bits per heavy atom. The Balaban J connectivity index is 2.01. The second-order valence-corrected chi connectivity index (χ2v) is 4.62. The Bertz CT molecular complexity index is 683. The number of allylic oxidation sites excluding steroid dienone is 4. The maximum atomic E-state index is 10.8. The molecule has 0 aromatic heterocycles. The summed E-state index contributed by atoms with van der Waals surface area (Å²) in [5.74, 6) is 0. The van der Waals surface area contributed by atoms with Crippen LogP contribution in [0.5, 0.6) is 0 Å². The van der Waals surface area contributed by atoms with Gasteiger partial charge in [0.25, 0.3) is 0 Å². The molecule has 0 amide bonds. The monoisotopic (exact) mass is 290 g/mol. The van der Waals surface area contributed by atoms with Gasteiger partial charge >= 0.3 is 0 Å². The standard InChI is InChI=1S/C19H18N2O/c1-2-3-7-16(15-22)14-20-21-19-12-10-18(11-13-19)17-8-5-4-6-9-17/h2-15,21H,1H3/b3-2+,16-7-,20-14-. The van der Waals surface area contributed by atoms with E-state index in [2.05, 4.69) is 22.7 Å². The third-order valence-corrected chi connectivity index (χ3v) is 3.02. The van der Waals surface area contributed by atoms with Crippen molar-refractivity contribution in [2.75, 3.05) is 5.43 Å². The number of hydrogen-bond donors (Lipinski definition) is 1. The van der Waals surface area contributed by atoms with E-state index in [1.54, 1.807) is 12.2 Å². The van der Waals surface area contributed by atoms with E-state index >= 15 is 0 Å². The molecular weight excluding hydrogens is 272 g/mol. The van der Waals surface area contributed by atoms with Crippen LogP contribution in [0.25, 0.3) is 11.1 Å². The average Bonchev–Trinajstić information content (AvgIpc) is 2.59. The quantitative estimate of drug-likeness (QED) is 0.281. The van der Waals surface area contributed by atoms with Gasteiger partial charge in [-0.25, -0.2) is 0 Å². The van der Waals surface area contributed by atoms with Gasteiger partial charge in [0.15, 0.2) is 6.29 Å². The van der Waals surface area contributed by atoms with Crippen molar-refractivity contribution in [1.82, 2.24) is 0 Å². The molecule has 2 aromatic carbocycles. The molecular formula is C19H18N2O. The zero-order chi connectivity index (χ0) is 15.6. The minimum Gasteiger partial charge on any atom is -0.298 e. The van der Waals surface area contributed by atoms with Crippen LogP contribution in [0.3, 0.4) is 0 Å². The Labute approximate surface area is 130 Å². The lowest BCUT2D eigenvalue weighted by molar-refractivity contribution is -0.104. The van der Waals surface area contributed by atoms with E-state index in [-0.39, 0.29) is 0 Å². The van der Waals surface area contributed by atoms with Crippen LogP contribution in [0.1, 0.15) is 6.92 Å². The molecule has 0 aliphatic carbocycles. The Hall–Kier alpha value is -2.94. The highest BCUT2D eigenvalue weighted by Gasteiger charge is 1.96. The number of hydrazone groups is 1. The Kier molecular flexibility index (Phi) is 5.88. The number of hydrogen-bond acceptors (Lipinski definition) is 3. The number of rotatable bonds is 6. The molecule has 0 fully saturated rings. The molecule has 0 aliphatic rings. The zero-order valence-corrected chi connectivity index (χ0v) is 12.4. The zero-order valence-electron chi connectivity index (χ0n) is 12.4. The molecule has 0 atom stereocenters. The molecule has 0 radical (unpaired) electrons. The molecule has 1 N–H and O–H groups in total. The van der Waals surface area contributed by atoms with Gasteiger partial charge in [-0.2, -0.15) is 5.10 Å². The summed E-state index contributed by atoms with van der Waals surface area (Å²) in [4.78, 5) is 10.8. The SMILES string of the molecule is C/C=C/C=C(C=O)/C=N\Nc1ccc(-c2ccccc2)cc1. The summed E-state index contributed by atoms with van der Waals surface area (Å²) in [6.07, 6.45) is 7.62. The van der Waals surface area contributed by atoms with Gasteiger partial charge in [-0.15, -0.1) is 0 Å². The summed E-state index contributed by atoms with van der Waals surface area (Å²) in [7, 11) is 0. The van der Waals surface area contributed by atoms with Crippen molar-refractivity contribution in [3.63, 3.8) is 0 Å². The molecule has 2 aromatic rings. The number of nitrogens with zero attached hydrogens (tertiary/aromatic N) is 1. The van der Waals surface area contributed by atoms with E-state index in [1.807, 2.05) is 55.5 Å². The molecule has 0 unspecified atom stereocenters. The normalized spacial score (nSPS) is 12.0. The lowest BCUT2D eigenvalue weighted by atomic mass is 10.1. The first-order chi connectivity index (χ1) is 10.8. The molecule has 0 saturated heterocycles. The van der Waals surface area contributed by atoms with Crippen LogP contribution in [0.15, 0.2) is 83.5 Å². The van der Waals surface area contributed by atoms with Crippen molar-refractivity contribution in [1.29, 1.82) is 0 Å². The van der Waals surface area contributed by atoms with Crippen LogP contribution >= 0.6 is 0 Å². The van der Waals surface area contributed by atoms with Gasteiger partial charge in [-0.05, 0) is 30.2 Å². The fraction of sp³-hybridized carbons (Fsp3) is 0.0526. The van der Waals surface area contributed by atoms with Gasteiger partial charge in [0, 0.05) is 5.57 Å². The van der Waals surface area contributed by atoms with E-state index in [0.29, 0.717) is 5.57 Å².